The second-order valence-electron chi connectivity index (χ2n) is 6.67. The summed E-state index contributed by atoms with van der Waals surface area (Å²) in [7, 11) is 0. The highest BCUT2D eigenvalue weighted by Crippen LogP contribution is 2.18. The van der Waals surface area contributed by atoms with Crippen LogP contribution in [-0.2, 0) is 11.3 Å². The standard InChI is InChI=1S/C15H26N4O2/c1-15(2,3)21-14(20)19-6-4-5-12(11-19)7-16-8-13-9-17-18-10-13/h9-10,12,16H,4-8,11H2,1-3H3,(H,17,18). The maximum atomic E-state index is 12.1. The predicted octanol–water partition coefficient (Wildman–Crippen LogP) is 2.15. The Bertz CT molecular complexity index is 439. The van der Waals surface area contributed by atoms with Crippen LogP contribution in [0.15, 0.2) is 12.4 Å². The third-order valence-electron chi connectivity index (χ3n) is 3.49. The Hall–Kier alpha value is -1.56. The van der Waals surface area contributed by atoms with Crippen molar-refractivity contribution in [2.75, 3.05) is 19.6 Å². The van der Waals surface area contributed by atoms with Crippen LogP contribution in [0.3, 0.4) is 0 Å². The average molecular weight is 294 g/mol. The summed E-state index contributed by atoms with van der Waals surface area (Å²) >= 11 is 0. The van der Waals surface area contributed by atoms with Gasteiger partial charge in [0.05, 0.1) is 6.20 Å². The van der Waals surface area contributed by atoms with Gasteiger partial charge >= 0.3 is 6.09 Å². The van der Waals surface area contributed by atoms with E-state index >= 15 is 0 Å². The third kappa shape index (κ3) is 5.38. The van der Waals surface area contributed by atoms with E-state index in [0.717, 1.165) is 44.6 Å². The number of rotatable bonds is 4. The number of carbonyl (C=O) groups excluding carboxylic acids is 1. The molecule has 1 unspecified atom stereocenters. The van der Waals surface area contributed by atoms with E-state index in [1.165, 1.54) is 0 Å². The van der Waals surface area contributed by atoms with Gasteiger partial charge in [0, 0.05) is 31.4 Å². The SMILES string of the molecule is CC(C)(C)OC(=O)N1CCCC(CNCc2cn[nH]c2)C1. The number of H-pyrrole nitrogens is 1. The number of hydrogen-bond donors (Lipinski definition) is 2. The van der Waals surface area contributed by atoms with E-state index in [1.807, 2.05) is 38.1 Å². The molecule has 118 valence electrons. The smallest absolute Gasteiger partial charge is 0.410 e. The van der Waals surface area contributed by atoms with Gasteiger partial charge in [-0.05, 0) is 46.1 Å². The van der Waals surface area contributed by atoms with Crippen molar-refractivity contribution in [2.24, 2.45) is 5.92 Å². The lowest BCUT2D eigenvalue weighted by Gasteiger charge is -2.34. The highest BCUT2D eigenvalue weighted by atomic mass is 16.6. The highest BCUT2D eigenvalue weighted by Gasteiger charge is 2.27. The molecule has 0 aliphatic carbocycles. The lowest BCUT2D eigenvalue weighted by molar-refractivity contribution is 0.0166. The van der Waals surface area contributed by atoms with Crippen molar-refractivity contribution in [1.82, 2.24) is 20.4 Å². The summed E-state index contributed by atoms with van der Waals surface area (Å²) < 4.78 is 5.44. The molecule has 0 saturated carbocycles. The first-order valence-corrected chi connectivity index (χ1v) is 7.60. The van der Waals surface area contributed by atoms with Gasteiger partial charge in [-0.15, -0.1) is 0 Å². The summed E-state index contributed by atoms with van der Waals surface area (Å²) in [5.74, 6) is 0.484. The summed E-state index contributed by atoms with van der Waals surface area (Å²) in [4.78, 5) is 13.9. The Morgan fingerprint density at radius 3 is 3.05 bits per heavy atom. The van der Waals surface area contributed by atoms with E-state index in [9.17, 15) is 4.79 Å². The Kier molecular flexibility index (Phi) is 5.22. The molecule has 2 N–H and O–H groups in total. The molecule has 1 atom stereocenters. The van der Waals surface area contributed by atoms with Gasteiger partial charge in [0.15, 0.2) is 0 Å². The van der Waals surface area contributed by atoms with E-state index in [0.29, 0.717) is 5.92 Å². The normalized spacial score (nSPS) is 19.6. The first kappa shape index (κ1) is 15.8. The van der Waals surface area contributed by atoms with Gasteiger partial charge in [0.25, 0.3) is 0 Å². The molecule has 0 radical (unpaired) electrons. The highest BCUT2D eigenvalue weighted by molar-refractivity contribution is 5.68. The number of carbonyl (C=O) groups is 1. The van der Waals surface area contributed by atoms with E-state index in [1.54, 1.807) is 0 Å². The fraction of sp³-hybridized carbons (Fsp3) is 0.733. The zero-order chi connectivity index (χ0) is 15.3. The minimum absolute atomic E-state index is 0.193. The van der Waals surface area contributed by atoms with Gasteiger partial charge in [-0.2, -0.15) is 5.10 Å². The maximum Gasteiger partial charge on any atom is 0.410 e. The zero-order valence-corrected chi connectivity index (χ0v) is 13.2. The van der Waals surface area contributed by atoms with Gasteiger partial charge in [-0.1, -0.05) is 0 Å². The van der Waals surface area contributed by atoms with Crippen LogP contribution in [0.1, 0.15) is 39.2 Å². The molecule has 6 nitrogen and oxygen atoms in total. The molecule has 1 aromatic heterocycles. The number of aromatic amines is 1. The molecule has 6 heteroatoms. The topological polar surface area (TPSA) is 70.2 Å². The molecule has 2 heterocycles. The van der Waals surface area contributed by atoms with Gasteiger partial charge < -0.3 is 15.0 Å². The van der Waals surface area contributed by atoms with Gasteiger partial charge in [-0.25, -0.2) is 4.79 Å². The lowest BCUT2D eigenvalue weighted by atomic mass is 9.98. The first-order chi connectivity index (χ1) is 9.94. The van der Waals surface area contributed by atoms with Crippen LogP contribution in [0, 0.1) is 5.92 Å². The second-order valence-corrected chi connectivity index (χ2v) is 6.67. The molecule has 1 saturated heterocycles. The van der Waals surface area contributed by atoms with Gasteiger partial charge in [0.2, 0.25) is 0 Å². The lowest BCUT2D eigenvalue weighted by Crippen LogP contribution is -2.44. The summed E-state index contributed by atoms with van der Waals surface area (Å²) in [6.45, 7) is 8.99. The first-order valence-electron chi connectivity index (χ1n) is 7.60. The van der Waals surface area contributed by atoms with E-state index < -0.39 is 5.60 Å². The Balaban J connectivity index is 1.74. The molecular formula is C15H26N4O2. The Labute approximate surface area is 126 Å². The largest absolute Gasteiger partial charge is 0.444 e. The summed E-state index contributed by atoms with van der Waals surface area (Å²) in [6, 6.07) is 0. The van der Waals surface area contributed by atoms with Crippen LogP contribution in [0.5, 0.6) is 0 Å². The summed E-state index contributed by atoms with van der Waals surface area (Å²) in [5, 5.41) is 10.2. The molecule has 0 bridgehead atoms. The average Bonchev–Trinajstić information content (AvgIpc) is 2.90. The van der Waals surface area contributed by atoms with Crippen molar-refractivity contribution < 1.29 is 9.53 Å². The van der Waals surface area contributed by atoms with Crippen LogP contribution in [-0.4, -0.2) is 46.4 Å². The van der Waals surface area contributed by atoms with Crippen LogP contribution in [0.4, 0.5) is 4.79 Å². The van der Waals surface area contributed by atoms with Crippen molar-refractivity contribution in [1.29, 1.82) is 0 Å². The number of nitrogens with one attached hydrogen (secondary N) is 2. The molecule has 21 heavy (non-hydrogen) atoms. The molecule has 1 aromatic rings. The van der Waals surface area contributed by atoms with Crippen molar-refractivity contribution in [3.05, 3.63) is 18.0 Å². The van der Waals surface area contributed by atoms with Gasteiger partial charge in [-0.3, -0.25) is 5.10 Å². The molecule has 2 rings (SSSR count). The molecule has 1 aliphatic heterocycles. The van der Waals surface area contributed by atoms with Crippen LogP contribution in [0.25, 0.3) is 0 Å². The van der Waals surface area contributed by atoms with Crippen LogP contribution in [0.2, 0.25) is 0 Å². The minimum Gasteiger partial charge on any atom is -0.444 e. The zero-order valence-electron chi connectivity index (χ0n) is 13.2. The van der Waals surface area contributed by atoms with Crippen LogP contribution >= 0.6 is 0 Å². The number of ether oxygens (including phenoxy) is 1. The summed E-state index contributed by atoms with van der Waals surface area (Å²) in [6.07, 6.45) is 5.71. The third-order valence-corrected chi connectivity index (χ3v) is 3.49. The fourth-order valence-electron chi connectivity index (χ4n) is 2.52. The Morgan fingerprint density at radius 2 is 2.38 bits per heavy atom. The van der Waals surface area contributed by atoms with Gasteiger partial charge in [0.1, 0.15) is 5.60 Å². The monoisotopic (exact) mass is 294 g/mol. The van der Waals surface area contributed by atoms with Crippen LogP contribution < -0.4 is 5.32 Å². The molecule has 0 spiro atoms. The predicted molar refractivity (Wildman–Crippen MR) is 80.8 cm³/mol. The molecule has 1 fully saturated rings. The molecule has 1 aliphatic rings. The summed E-state index contributed by atoms with van der Waals surface area (Å²) in [5.41, 5.74) is 0.721. The van der Waals surface area contributed by atoms with Crippen molar-refractivity contribution in [3.8, 4) is 0 Å². The van der Waals surface area contributed by atoms with Crippen molar-refractivity contribution >= 4 is 6.09 Å². The van der Waals surface area contributed by atoms with E-state index in [2.05, 4.69) is 15.5 Å². The minimum atomic E-state index is -0.427. The molecule has 0 aromatic carbocycles. The molecule has 1 amide bonds. The number of amides is 1. The number of piperidine rings is 1. The van der Waals surface area contributed by atoms with E-state index in [4.69, 9.17) is 4.74 Å². The maximum absolute atomic E-state index is 12.1. The number of nitrogens with zero attached hydrogens (tertiary/aromatic N) is 2. The second kappa shape index (κ2) is 6.93. The Morgan fingerprint density at radius 1 is 1.57 bits per heavy atom. The van der Waals surface area contributed by atoms with Crippen molar-refractivity contribution in [2.45, 2.75) is 45.8 Å². The number of aromatic nitrogens is 2. The van der Waals surface area contributed by atoms with Crippen molar-refractivity contribution in [3.63, 3.8) is 0 Å². The number of likely N-dealkylation sites (tertiary alicyclic amines) is 1. The molecular weight excluding hydrogens is 268 g/mol. The number of hydrogen-bond acceptors (Lipinski definition) is 4. The van der Waals surface area contributed by atoms with E-state index in [-0.39, 0.29) is 6.09 Å². The fourth-order valence-corrected chi connectivity index (χ4v) is 2.52. The quantitative estimate of drug-likeness (QED) is 0.892.